The highest BCUT2D eigenvalue weighted by Gasteiger charge is 2.27. The third-order valence-corrected chi connectivity index (χ3v) is 5.55. The quantitative estimate of drug-likeness (QED) is 0.655. The van der Waals surface area contributed by atoms with Gasteiger partial charge in [0.05, 0.1) is 20.8 Å². The van der Waals surface area contributed by atoms with Gasteiger partial charge >= 0.3 is 0 Å². The molecule has 3 aromatic rings. The molecule has 2 amide bonds. The largest absolute Gasteiger partial charge is 0.493 e. The van der Waals surface area contributed by atoms with Gasteiger partial charge in [0.25, 0.3) is 5.91 Å². The number of benzene rings is 2. The van der Waals surface area contributed by atoms with Gasteiger partial charge in [0.15, 0.2) is 23.0 Å². The molecule has 1 aliphatic rings. The number of hydrogen-bond acceptors (Lipinski definition) is 6. The zero-order chi connectivity index (χ0) is 21.8. The van der Waals surface area contributed by atoms with Crippen molar-refractivity contribution in [3.63, 3.8) is 0 Å². The highest BCUT2D eigenvalue weighted by Crippen LogP contribution is 2.30. The van der Waals surface area contributed by atoms with Crippen LogP contribution in [0.25, 0.3) is 11.1 Å². The molecule has 1 saturated heterocycles. The molecule has 162 valence electrons. The molecule has 1 fully saturated rings. The Morgan fingerprint density at radius 1 is 1.10 bits per heavy atom. The molecule has 1 N–H and O–H groups in total. The highest BCUT2D eigenvalue weighted by atomic mass is 16.5. The Hall–Kier alpha value is -3.55. The number of carbonyl (C=O) groups excluding carboxylic acids is 2. The fourth-order valence-electron chi connectivity index (χ4n) is 3.79. The molecular formula is C23H25N3O5. The van der Waals surface area contributed by atoms with Gasteiger partial charge in [-0.3, -0.25) is 9.59 Å². The van der Waals surface area contributed by atoms with Crippen molar-refractivity contribution in [3.8, 4) is 11.5 Å². The molecule has 2 heterocycles. The summed E-state index contributed by atoms with van der Waals surface area (Å²) in [5.74, 6) is 1.48. The summed E-state index contributed by atoms with van der Waals surface area (Å²) in [6, 6.07) is 12.6. The first-order valence-electron chi connectivity index (χ1n) is 10.2. The first-order valence-corrected chi connectivity index (χ1v) is 10.2. The van der Waals surface area contributed by atoms with Crippen LogP contribution in [-0.2, 0) is 4.79 Å². The molecule has 0 atom stereocenters. The number of piperidine rings is 1. The van der Waals surface area contributed by atoms with E-state index in [-0.39, 0.29) is 24.3 Å². The number of nitrogens with zero attached hydrogens (tertiary/aromatic N) is 2. The number of para-hydroxylation sites is 2. The minimum atomic E-state index is -0.337. The van der Waals surface area contributed by atoms with E-state index in [2.05, 4.69) is 10.3 Å². The van der Waals surface area contributed by atoms with Crippen molar-refractivity contribution in [2.75, 3.05) is 33.9 Å². The van der Waals surface area contributed by atoms with Gasteiger partial charge in [0.1, 0.15) is 5.52 Å². The molecule has 31 heavy (non-hydrogen) atoms. The maximum atomic E-state index is 12.6. The van der Waals surface area contributed by atoms with E-state index in [0.717, 1.165) is 29.8 Å². The summed E-state index contributed by atoms with van der Waals surface area (Å²) in [5, 5.41) is 2.69. The van der Waals surface area contributed by atoms with Crippen molar-refractivity contribution in [2.45, 2.75) is 18.8 Å². The van der Waals surface area contributed by atoms with Crippen LogP contribution in [0.1, 0.15) is 35.0 Å². The van der Waals surface area contributed by atoms with Gasteiger partial charge < -0.3 is 24.1 Å². The van der Waals surface area contributed by atoms with Crippen LogP contribution in [0.15, 0.2) is 46.9 Å². The summed E-state index contributed by atoms with van der Waals surface area (Å²) in [7, 11) is 3.04. The fourth-order valence-corrected chi connectivity index (χ4v) is 3.79. The summed E-state index contributed by atoms with van der Waals surface area (Å²) in [6.07, 6.45) is 1.56. The predicted octanol–water partition coefficient (Wildman–Crippen LogP) is 2.98. The predicted molar refractivity (Wildman–Crippen MR) is 114 cm³/mol. The van der Waals surface area contributed by atoms with Crippen molar-refractivity contribution >= 4 is 22.9 Å². The molecule has 4 rings (SSSR count). The molecular weight excluding hydrogens is 398 g/mol. The van der Waals surface area contributed by atoms with Gasteiger partial charge in [0.2, 0.25) is 5.91 Å². The third-order valence-electron chi connectivity index (χ3n) is 5.55. The van der Waals surface area contributed by atoms with Crippen LogP contribution in [0.3, 0.4) is 0 Å². The average Bonchev–Trinajstić information content (AvgIpc) is 3.26. The molecule has 2 aromatic carbocycles. The van der Waals surface area contributed by atoms with E-state index in [1.807, 2.05) is 24.3 Å². The Morgan fingerprint density at radius 2 is 1.84 bits per heavy atom. The molecule has 8 heteroatoms. The Morgan fingerprint density at radius 3 is 2.55 bits per heavy atom. The number of fused-ring (bicyclic) bond motifs is 1. The topological polar surface area (TPSA) is 93.9 Å². The van der Waals surface area contributed by atoms with Gasteiger partial charge in [0, 0.05) is 24.6 Å². The fraction of sp³-hybridized carbons (Fsp3) is 0.348. The summed E-state index contributed by atoms with van der Waals surface area (Å²) < 4.78 is 16.3. The van der Waals surface area contributed by atoms with Crippen LogP contribution in [0, 0.1) is 0 Å². The number of oxazole rings is 1. The summed E-state index contributed by atoms with van der Waals surface area (Å²) in [5.41, 5.74) is 2.04. The van der Waals surface area contributed by atoms with Crippen LogP contribution >= 0.6 is 0 Å². The van der Waals surface area contributed by atoms with Crippen LogP contribution in [0.2, 0.25) is 0 Å². The number of likely N-dealkylation sites (tertiary alicyclic amines) is 1. The van der Waals surface area contributed by atoms with Crippen molar-refractivity contribution in [1.29, 1.82) is 0 Å². The normalized spacial score (nSPS) is 14.5. The van der Waals surface area contributed by atoms with Crippen molar-refractivity contribution in [3.05, 3.63) is 53.9 Å². The number of ether oxygens (including phenoxy) is 2. The van der Waals surface area contributed by atoms with E-state index in [1.54, 1.807) is 23.1 Å². The molecule has 0 spiro atoms. The van der Waals surface area contributed by atoms with Gasteiger partial charge in [-0.25, -0.2) is 4.98 Å². The summed E-state index contributed by atoms with van der Waals surface area (Å²) in [4.78, 5) is 31.3. The average molecular weight is 423 g/mol. The monoisotopic (exact) mass is 423 g/mol. The van der Waals surface area contributed by atoms with Crippen LogP contribution < -0.4 is 14.8 Å². The maximum absolute atomic E-state index is 12.6. The molecule has 0 aliphatic carbocycles. The second-order valence-electron chi connectivity index (χ2n) is 7.43. The molecule has 0 saturated carbocycles. The summed E-state index contributed by atoms with van der Waals surface area (Å²) in [6.45, 7) is 1.16. The second kappa shape index (κ2) is 9.07. The number of rotatable bonds is 6. The van der Waals surface area contributed by atoms with E-state index < -0.39 is 0 Å². The zero-order valence-corrected chi connectivity index (χ0v) is 17.6. The lowest BCUT2D eigenvalue weighted by Gasteiger charge is -2.30. The van der Waals surface area contributed by atoms with E-state index >= 15 is 0 Å². The second-order valence-corrected chi connectivity index (χ2v) is 7.43. The lowest BCUT2D eigenvalue weighted by Crippen LogP contribution is -2.43. The number of hydrogen-bond donors (Lipinski definition) is 1. The van der Waals surface area contributed by atoms with Crippen molar-refractivity contribution in [2.24, 2.45) is 0 Å². The minimum absolute atomic E-state index is 0.0548. The molecule has 0 unspecified atom stereocenters. The van der Waals surface area contributed by atoms with Gasteiger partial charge in [-0.1, -0.05) is 12.1 Å². The highest BCUT2D eigenvalue weighted by molar-refractivity contribution is 5.97. The molecule has 0 bridgehead atoms. The maximum Gasteiger partial charge on any atom is 0.251 e. The lowest BCUT2D eigenvalue weighted by atomic mass is 9.97. The molecule has 8 nitrogen and oxygen atoms in total. The first-order chi connectivity index (χ1) is 15.1. The van der Waals surface area contributed by atoms with Gasteiger partial charge in [-0.15, -0.1) is 0 Å². The van der Waals surface area contributed by atoms with E-state index in [1.165, 1.54) is 14.2 Å². The lowest BCUT2D eigenvalue weighted by molar-refractivity contribution is -0.131. The summed E-state index contributed by atoms with van der Waals surface area (Å²) >= 11 is 0. The van der Waals surface area contributed by atoms with Crippen molar-refractivity contribution < 1.29 is 23.5 Å². The van der Waals surface area contributed by atoms with Gasteiger partial charge in [-0.05, 0) is 43.2 Å². The Bertz CT molecular complexity index is 1050. The third kappa shape index (κ3) is 4.47. The smallest absolute Gasteiger partial charge is 0.251 e. The number of nitrogens with one attached hydrogen (secondary N) is 1. The van der Waals surface area contributed by atoms with Crippen LogP contribution in [-0.4, -0.2) is 55.6 Å². The minimum Gasteiger partial charge on any atom is -0.493 e. The van der Waals surface area contributed by atoms with Crippen molar-refractivity contribution in [1.82, 2.24) is 15.2 Å². The zero-order valence-electron chi connectivity index (χ0n) is 17.6. The Balaban J connectivity index is 1.29. The number of methoxy groups -OCH3 is 2. The van der Waals surface area contributed by atoms with Crippen LogP contribution in [0.4, 0.5) is 0 Å². The standard InChI is InChI=1S/C23H25N3O5/c1-29-19-8-7-16(13-20(19)30-2)22(28)24-14-21(27)26-11-9-15(10-12-26)23-25-17-5-3-4-6-18(17)31-23/h3-8,13,15H,9-12,14H2,1-2H3,(H,24,28). The molecule has 1 aliphatic heterocycles. The number of aromatic nitrogens is 1. The van der Waals surface area contributed by atoms with Gasteiger partial charge in [-0.2, -0.15) is 0 Å². The SMILES string of the molecule is COc1ccc(C(=O)NCC(=O)N2CCC(c3nc4ccccc4o3)CC2)cc1OC. The van der Waals surface area contributed by atoms with E-state index in [9.17, 15) is 9.59 Å². The van der Waals surface area contributed by atoms with E-state index in [4.69, 9.17) is 13.9 Å². The Labute approximate surface area is 180 Å². The van der Waals surface area contributed by atoms with Crippen LogP contribution in [0.5, 0.6) is 11.5 Å². The molecule has 1 aromatic heterocycles. The van der Waals surface area contributed by atoms with E-state index in [0.29, 0.717) is 30.2 Å². The first kappa shape index (κ1) is 20.7. The number of amides is 2. The Kier molecular flexibility index (Phi) is 6.06. The molecule has 0 radical (unpaired) electrons. The number of carbonyl (C=O) groups is 2.